The van der Waals surface area contributed by atoms with Gasteiger partial charge in [-0.1, -0.05) is 36.4 Å². The predicted octanol–water partition coefficient (Wildman–Crippen LogP) is 4.39. The number of aromatic nitrogens is 3. The maximum Gasteiger partial charge on any atom is 0.341 e. The van der Waals surface area contributed by atoms with Crippen molar-refractivity contribution in [1.29, 1.82) is 0 Å². The minimum atomic E-state index is 0.266. The molecule has 0 radical (unpaired) electrons. The smallest absolute Gasteiger partial charge is 0.341 e. The van der Waals surface area contributed by atoms with Gasteiger partial charge in [0.1, 0.15) is 23.8 Å². The minimum absolute atomic E-state index is 0.266. The Hall–Kier alpha value is -3.12. The Balaban J connectivity index is 1.52. The minimum Gasteiger partial charge on any atom is -0.424 e. The summed E-state index contributed by atoms with van der Waals surface area (Å²) < 4.78 is 12.6. The van der Waals surface area contributed by atoms with Gasteiger partial charge in [-0.2, -0.15) is 0 Å². The lowest BCUT2D eigenvalue weighted by Gasteiger charge is -2.41. The third kappa shape index (κ3) is 3.39. The van der Waals surface area contributed by atoms with E-state index in [-0.39, 0.29) is 12.0 Å². The van der Waals surface area contributed by atoms with E-state index in [2.05, 4.69) is 21.4 Å². The Kier molecular flexibility index (Phi) is 4.33. The van der Waals surface area contributed by atoms with E-state index in [0.29, 0.717) is 11.5 Å². The number of nitrogens with zero attached hydrogens (tertiary/aromatic N) is 4. The Labute approximate surface area is 164 Å². The molecule has 3 aliphatic heterocycles. The van der Waals surface area contributed by atoms with E-state index >= 15 is 0 Å². The van der Waals surface area contributed by atoms with Crippen LogP contribution in [-0.2, 0) is 0 Å². The molecule has 0 spiro atoms. The highest BCUT2D eigenvalue weighted by Crippen LogP contribution is 2.37. The number of fused-ring (bicyclic) bond motifs is 3. The average Bonchev–Trinajstić information content (AvgIpc) is 2.76. The van der Waals surface area contributed by atoms with E-state index in [1.165, 1.54) is 12.8 Å². The highest BCUT2D eigenvalue weighted by Gasteiger charge is 2.49. The SMILES string of the molecule is c1ccc(Oc2nc(Oc3ccccc3)nc([N+]34C[CH+]C(CC3)CC4)n2)cc1. The van der Waals surface area contributed by atoms with Crippen LogP contribution < -0.4 is 14.0 Å². The van der Waals surface area contributed by atoms with Crippen molar-refractivity contribution in [3.05, 3.63) is 67.1 Å². The number of ether oxygens (including phenoxy) is 2. The second kappa shape index (κ2) is 7.13. The normalized spacial score (nSPS) is 23.1. The van der Waals surface area contributed by atoms with Gasteiger partial charge in [-0.25, -0.2) is 4.48 Å². The molecular formula is C22H22N4O2+2. The number of rotatable bonds is 5. The number of para-hydroxylation sites is 2. The van der Waals surface area contributed by atoms with Gasteiger partial charge in [-0.05, 0) is 24.3 Å². The first-order valence-electron chi connectivity index (χ1n) is 9.71. The molecule has 4 heterocycles. The Morgan fingerprint density at radius 2 is 1.29 bits per heavy atom. The van der Waals surface area contributed by atoms with Crippen LogP contribution >= 0.6 is 0 Å². The summed E-state index contributed by atoms with van der Waals surface area (Å²) in [5.74, 6) is 2.84. The Morgan fingerprint density at radius 3 is 1.75 bits per heavy atom. The van der Waals surface area contributed by atoms with Crippen molar-refractivity contribution in [3.63, 3.8) is 0 Å². The van der Waals surface area contributed by atoms with Crippen LogP contribution in [0.3, 0.4) is 0 Å². The van der Waals surface area contributed by atoms with Gasteiger partial charge in [0, 0.05) is 12.8 Å². The van der Waals surface area contributed by atoms with Crippen LogP contribution in [-0.4, -0.2) is 34.6 Å². The molecule has 3 fully saturated rings. The molecule has 0 amide bonds. The van der Waals surface area contributed by atoms with Crippen LogP contribution in [0, 0.1) is 12.3 Å². The fraction of sp³-hybridized carbons (Fsp3) is 0.273. The summed E-state index contributed by atoms with van der Waals surface area (Å²) in [4.78, 5) is 13.8. The van der Waals surface area contributed by atoms with Crippen LogP contribution in [0.1, 0.15) is 12.8 Å². The van der Waals surface area contributed by atoms with Gasteiger partial charge in [0.2, 0.25) is 6.54 Å². The largest absolute Gasteiger partial charge is 0.424 e. The maximum absolute atomic E-state index is 5.93. The van der Waals surface area contributed by atoms with Crippen molar-refractivity contribution in [1.82, 2.24) is 19.4 Å². The molecule has 2 aromatic carbocycles. The first-order valence-corrected chi connectivity index (χ1v) is 9.71. The lowest BCUT2D eigenvalue weighted by molar-refractivity contribution is 0.148. The number of hydrogen-bond donors (Lipinski definition) is 0. The monoisotopic (exact) mass is 374 g/mol. The van der Waals surface area contributed by atoms with Gasteiger partial charge in [0.15, 0.2) is 0 Å². The zero-order chi connectivity index (χ0) is 18.8. The summed E-state index contributed by atoms with van der Waals surface area (Å²) in [6.45, 7) is 3.03. The summed E-state index contributed by atoms with van der Waals surface area (Å²) in [7, 11) is 0. The van der Waals surface area contributed by atoms with Crippen LogP contribution in [0.25, 0.3) is 0 Å². The first kappa shape index (κ1) is 17.0. The molecular weight excluding hydrogens is 352 g/mol. The van der Waals surface area contributed by atoms with Crippen molar-refractivity contribution in [2.75, 3.05) is 19.6 Å². The Bertz CT molecular complexity index is 868. The molecule has 0 N–H and O–H groups in total. The van der Waals surface area contributed by atoms with Gasteiger partial charge in [-0.3, -0.25) is 0 Å². The summed E-state index contributed by atoms with van der Waals surface area (Å²) >= 11 is 0. The highest BCUT2D eigenvalue weighted by molar-refractivity contribution is 5.35. The predicted molar refractivity (Wildman–Crippen MR) is 106 cm³/mol. The van der Waals surface area contributed by atoms with Crippen molar-refractivity contribution in [3.8, 4) is 23.5 Å². The molecule has 3 saturated heterocycles. The molecule has 28 heavy (non-hydrogen) atoms. The molecule has 6 rings (SSSR count). The molecule has 140 valence electrons. The molecule has 0 aliphatic carbocycles. The molecule has 0 atom stereocenters. The molecule has 0 unspecified atom stereocenters. The van der Waals surface area contributed by atoms with Crippen LogP contribution in [0.4, 0.5) is 5.95 Å². The van der Waals surface area contributed by atoms with Crippen molar-refractivity contribution >= 4 is 5.95 Å². The third-order valence-electron chi connectivity index (χ3n) is 5.56. The van der Waals surface area contributed by atoms with Gasteiger partial charge >= 0.3 is 18.0 Å². The van der Waals surface area contributed by atoms with Crippen LogP contribution in [0.2, 0.25) is 0 Å². The van der Waals surface area contributed by atoms with E-state index in [0.717, 1.165) is 36.0 Å². The zero-order valence-corrected chi connectivity index (χ0v) is 15.6. The molecule has 2 bridgehead atoms. The van der Waals surface area contributed by atoms with E-state index in [9.17, 15) is 0 Å². The molecule has 6 heteroatoms. The summed E-state index contributed by atoms with van der Waals surface area (Å²) in [5.41, 5.74) is 0. The van der Waals surface area contributed by atoms with Gasteiger partial charge < -0.3 is 9.47 Å². The second-order valence-corrected chi connectivity index (χ2v) is 7.38. The molecule has 3 aromatic rings. The number of benzene rings is 2. The maximum atomic E-state index is 5.93. The molecule has 0 saturated carbocycles. The number of hydrogen-bond acceptors (Lipinski definition) is 5. The van der Waals surface area contributed by atoms with Crippen molar-refractivity contribution in [2.45, 2.75) is 12.8 Å². The van der Waals surface area contributed by atoms with Gasteiger partial charge in [-0.15, -0.1) is 15.0 Å². The van der Waals surface area contributed by atoms with E-state index in [1.807, 2.05) is 60.7 Å². The lowest BCUT2D eigenvalue weighted by atomic mass is 9.86. The van der Waals surface area contributed by atoms with E-state index in [4.69, 9.17) is 9.47 Å². The van der Waals surface area contributed by atoms with Crippen LogP contribution in [0.5, 0.6) is 23.5 Å². The molecule has 6 nitrogen and oxygen atoms in total. The fourth-order valence-corrected chi connectivity index (χ4v) is 3.95. The number of piperidine rings is 3. The quantitative estimate of drug-likeness (QED) is 0.490. The van der Waals surface area contributed by atoms with Crippen LogP contribution in [0.15, 0.2) is 60.7 Å². The van der Waals surface area contributed by atoms with Gasteiger partial charge in [0.25, 0.3) is 0 Å². The summed E-state index contributed by atoms with van der Waals surface area (Å²) in [6, 6.07) is 19.6. The highest BCUT2D eigenvalue weighted by atomic mass is 16.5. The summed E-state index contributed by atoms with van der Waals surface area (Å²) in [6.07, 6.45) is 4.76. The standard InChI is InChI=1S/C22H22N4O2/c1-3-7-18(8-4-1)27-21-23-20(26-14-11-17(12-15-26)13-16-26)24-22(25-21)28-19-9-5-2-6-10-19/h1-11,17H,12-16H2/q+2. The lowest BCUT2D eigenvalue weighted by Crippen LogP contribution is -2.60. The average molecular weight is 374 g/mol. The zero-order valence-electron chi connectivity index (χ0n) is 15.6. The third-order valence-corrected chi connectivity index (χ3v) is 5.56. The van der Waals surface area contributed by atoms with Crippen molar-refractivity contribution in [2.24, 2.45) is 5.92 Å². The Morgan fingerprint density at radius 1 is 0.750 bits per heavy atom. The van der Waals surface area contributed by atoms with Gasteiger partial charge in [0.05, 0.1) is 13.1 Å². The summed E-state index contributed by atoms with van der Waals surface area (Å²) in [5, 5.41) is 0. The second-order valence-electron chi connectivity index (χ2n) is 7.38. The molecule has 3 aliphatic rings. The van der Waals surface area contributed by atoms with E-state index in [1.54, 1.807) is 0 Å². The molecule has 1 aromatic heterocycles. The van der Waals surface area contributed by atoms with E-state index < -0.39 is 0 Å². The fourth-order valence-electron chi connectivity index (χ4n) is 3.95. The topological polar surface area (TPSA) is 57.1 Å². The first-order chi connectivity index (χ1) is 13.8. The number of quaternary nitrogens is 1. The van der Waals surface area contributed by atoms with Crippen molar-refractivity contribution < 1.29 is 9.47 Å².